The number of likely N-dealkylation sites (N-methyl/N-ethyl adjacent to an activating group) is 1. The molecule has 0 saturated heterocycles. The van der Waals surface area contributed by atoms with Gasteiger partial charge in [-0.15, -0.1) is 0 Å². The molecule has 5 heteroatoms. The van der Waals surface area contributed by atoms with Crippen molar-refractivity contribution in [2.75, 3.05) is 39.6 Å². The van der Waals surface area contributed by atoms with Gasteiger partial charge in [-0.05, 0) is 36.4 Å². The first-order valence-corrected chi connectivity index (χ1v) is 6.39. The van der Waals surface area contributed by atoms with Crippen molar-refractivity contribution in [1.82, 2.24) is 0 Å². The molecule has 0 saturated carbocycles. The summed E-state index contributed by atoms with van der Waals surface area (Å²) in [6.07, 6.45) is 3.36. The topological polar surface area (TPSA) is 38.3 Å². The number of rotatable bonds is 5. The quantitative estimate of drug-likeness (QED) is 0.666. The summed E-state index contributed by atoms with van der Waals surface area (Å²) in [6, 6.07) is 6.85. The molecule has 0 aliphatic carbocycles. The Hall–Kier alpha value is -1.52. The van der Waals surface area contributed by atoms with E-state index in [9.17, 15) is 4.79 Å². The average Bonchev–Trinajstić information content (AvgIpc) is 2.30. The minimum Gasteiger partial charge on any atom is -0.445 e. The molecule has 1 aromatic rings. The minimum absolute atomic E-state index is 0.263. The third-order valence-electron chi connectivity index (χ3n) is 2.22. The fourth-order valence-electron chi connectivity index (χ4n) is 1.27. The molecular formula is C14H20ClN2O2+. The van der Waals surface area contributed by atoms with E-state index < -0.39 is 6.09 Å². The fraction of sp³-hybridized carbons (Fsp3) is 0.357. The third-order valence-corrected chi connectivity index (χ3v) is 2.47. The number of benzene rings is 1. The van der Waals surface area contributed by atoms with Gasteiger partial charge in [0.05, 0.1) is 27.7 Å². The first-order chi connectivity index (χ1) is 8.87. The molecule has 1 amide bonds. The van der Waals surface area contributed by atoms with E-state index in [-0.39, 0.29) is 6.61 Å². The molecule has 0 aromatic heterocycles. The summed E-state index contributed by atoms with van der Waals surface area (Å²) in [5.41, 5.74) is 0.657. The van der Waals surface area contributed by atoms with Gasteiger partial charge in [0.2, 0.25) is 0 Å². The van der Waals surface area contributed by atoms with Crippen LogP contribution in [0.15, 0.2) is 36.4 Å². The lowest BCUT2D eigenvalue weighted by molar-refractivity contribution is -0.864. The van der Waals surface area contributed by atoms with Gasteiger partial charge in [-0.25, -0.2) is 4.79 Å². The molecule has 1 aromatic carbocycles. The maximum atomic E-state index is 11.5. The van der Waals surface area contributed by atoms with Crippen LogP contribution in [0.3, 0.4) is 0 Å². The van der Waals surface area contributed by atoms with Crippen molar-refractivity contribution < 1.29 is 14.0 Å². The molecule has 1 N–H and O–H groups in total. The van der Waals surface area contributed by atoms with Crippen molar-refractivity contribution in [1.29, 1.82) is 0 Å². The van der Waals surface area contributed by atoms with Crippen LogP contribution in [0.4, 0.5) is 10.5 Å². The van der Waals surface area contributed by atoms with Gasteiger partial charge in [0.15, 0.2) is 0 Å². The third kappa shape index (κ3) is 7.49. The fourth-order valence-corrected chi connectivity index (χ4v) is 1.40. The van der Waals surface area contributed by atoms with Crippen molar-refractivity contribution >= 4 is 23.4 Å². The highest BCUT2D eigenvalue weighted by Crippen LogP contribution is 2.13. The number of ether oxygens (including phenoxy) is 1. The second-order valence-corrected chi connectivity index (χ2v) is 5.61. The number of nitrogens with zero attached hydrogens (tertiary/aromatic N) is 1. The van der Waals surface area contributed by atoms with E-state index in [1.807, 2.05) is 12.2 Å². The number of hydrogen-bond donors (Lipinski definition) is 1. The first-order valence-electron chi connectivity index (χ1n) is 6.01. The Labute approximate surface area is 119 Å². The molecule has 0 bridgehead atoms. The zero-order valence-electron chi connectivity index (χ0n) is 11.5. The normalized spacial score (nSPS) is 11.6. The number of hydrogen-bond acceptors (Lipinski definition) is 2. The highest BCUT2D eigenvalue weighted by Gasteiger charge is 2.03. The number of quaternary nitrogens is 1. The predicted octanol–water partition coefficient (Wildman–Crippen LogP) is 3.15. The van der Waals surface area contributed by atoms with Crippen LogP contribution in [-0.2, 0) is 4.74 Å². The largest absolute Gasteiger partial charge is 0.445 e. The van der Waals surface area contributed by atoms with E-state index in [2.05, 4.69) is 26.5 Å². The van der Waals surface area contributed by atoms with Crippen LogP contribution >= 0.6 is 11.6 Å². The Morgan fingerprint density at radius 3 is 2.47 bits per heavy atom. The summed E-state index contributed by atoms with van der Waals surface area (Å²) in [4.78, 5) is 11.5. The van der Waals surface area contributed by atoms with Gasteiger partial charge in [-0.2, -0.15) is 0 Å². The second kappa shape index (κ2) is 7.16. The molecule has 19 heavy (non-hydrogen) atoms. The molecule has 0 atom stereocenters. The summed E-state index contributed by atoms with van der Waals surface area (Å²) in [5.74, 6) is 0. The van der Waals surface area contributed by atoms with Crippen molar-refractivity contribution in [3.05, 3.63) is 41.4 Å². The molecule has 0 unspecified atom stereocenters. The van der Waals surface area contributed by atoms with Gasteiger partial charge < -0.3 is 9.22 Å². The van der Waals surface area contributed by atoms with Crippen LogP contribution in [0.2, 0.25) is 5.02 Å². The first kappa shape index (κ1) is 15.5. The van der Waals surface area contributed by atoms with Gasteiger partial charge in [-0.1, -0.05) is 11.6 Å². The summed E-state index contributed by atoms with van der Waals surface area (Å²) < 4.78 is 5.85. The summed E-state index contributed by atoms with van der Waals surface area (Å²) in [5, 5.41) is 3.25. The molecule has 4 nitrogen and oxygen atoms in total. The van der Waals surface area contributed by atoms with Crippen LogP contribution < -0.4 is 5.32 Å². The van der Waals surface area contributed by atoms with E-state index in [1.54, 1.807) is 24.3 Å². The Bertz CT molecular complexity index is 436. The number of anilines is 1. The average molecular weight is 284 g/mol. The molecule has 0 spiro atoms. The van der Waals surface area contributed by atoms with Crippen molar-refractivity contribution in [3.8, 4) is 0 Å². The van der Waals surface area contributed by atoms with Crippen LogP contribution in [-0.4, -0.2) is 44.9 Å². The van der Waals surface area contributed by atoms with Crippen LogP contribution in [0.1, 0.15) is 0 Å². The van der Waals surface area contributed by atoms with Crippen LogP contribution in [0, 0.1) is 0 Å². The van der Waals surface area contributed by atoms with Gasteiger partial charge in [0.25, 0.3) is 0 Å². The monoisotopic (exact) mass is 283 g/mol. The summed E-state index contributed by atoms with van der Waals surface area (Å²) in [6.45, 7) is 1.15. The van der Waals surface area contributed by atoms with E-state index in [0.717, 1.165) is 11.0 Å². The Morgan fingerprint density at radius 1 is 1.26 bits per heavy atom. The number of halogens is 1. The molecule has 0 aliphatic rings. The number of nitrogens with one attached hydrogen (secondary N) is 1. The van der Waals surface area contributed by atoms with Crippen molar-refractivity contribution in [2.45, 2.75) is 0 Å². The minimum atomic E-state index is -0.475. The molecule has 104 valence electrons. The predicted molar refractivity (Wildman–Crippen MR) is 78.5 cm³/mol. The van der Waals surface area contributed by atoms with Gasteiger partial charge in [0.1, 0.15) is 6.61 Å². The van der Waals surface area contributed by atoms with E-state index in [0.29, 0.717) is 10.7 Å². The van der Waals surface area contributed by atoms with E-state index in [4.69, 9.17) is 16.3 Å². The van der Waals surface area contributed by atoms with Gasteiger partial charge in [0, 0.05) is 10.7 Å². The maximum Gasteiger partial charge on any atom is 0.411 e. The lowest BCUT2D eigenvalue weighted by Crippen LogP contribution is -2.34. The lowest BCUT2D eigenvalue weighted by atomic mass is 10.3. The summed E-state index contributed by atoms with van der Waals surface area (Å²) >= 11 is 5.75. The summed E-state index contributed by atoms with van der Waals surface area (Å²) in [7, 11) is 6.29. The van der Waals surface area contributed by atoms with E-state index >= 15 is 0 Å². The molecular weight excluding hydrogens is 264 g/mol. The van der Waals surface area contributed by atoms with Crippen LogP contribution in [0.5, 0.6) is 0 Å². The molecule has 0 aliphatic heterocycles. The van der Waals surface area contributed by atoms with Gasteiger partial charge in [-0.3, -0.25) is 5.32 Å². The van der Waals surface area contributed by atoms with Crippen molar-refractivity contribution in [2.24, 2.45) is 0 Å². The van der Waals surface area contributed by atoms with Gasteiger partial charge >= 0.3 is 6.09 Å². The second-order valence-electron chi connectivity index (χ2n) is 5.17. The highest BCUT2D eigenvalue weighted by molar-refractivity contribution is 6.30. The van der Waals surface area contributed by atoms with Crippen molar-refractivity contribution in [3.63, 3.8) is 0 Å². The van der Waals surface area contributed by atoms with E-state index in [1.165, 1.54) is 0 Å². The standard InChI is InChI=1S/C14H19ClN2O2/c1-17(2,3)10-4-5-11-19-14(18)16-13-8-6-12(15)7-9-13/h4-9H,10-11H2,1-3H3/p+1/b5-4-. The number of amides is 1. The SMILES string of the molecule is C[N+](C)(C)C/C=C\COC(=O)Nc1ccc(Cl)cc1. The Morgan fingerprint density at radius 2 is 1.89 bits per heavy atom. The zero-order chi connectivity index (χ0) is 14.3. The highest BCUT2D eigenvalue weighted by atomic mass is 35.5. The molecule has 0 heterocycles. The molecule has 1 rings (SSSR count). The number of carbonyl (C=O) groups excluding carboxylic acids is 1. The Kier molecular flexibility index (Phi) is 5.86. The van der Waals surface area contributed by atoms with Crippen LogP contribution in [0.25, 0.3) is 0 Å². The molecule has 0 fully saturated rings. The number of carbonyl (C=O) groups is 1. The Balaban J connectivity index is 2.27. The lowest BCUT2D eigenvalue weighted by Gasteiger charge is -2.21. The molecule has 0 radical (unpaired) electrons. The zero-order valence-corrected chi connectivity index (χ0v) is 12.3. The smallest absolute Gasteiger partial charge is 0.411 e. The maximum absolute atomic E-state index is 11.5.